The lowest BCUT2D eigenvalue weighted by molar-refractivity contribution is -0.123. The first-order chi connectivity index (χ1) is 12.0. The number of nitrogens with one attached hydrogen (secondary N) is 2. The highest BCUT2D eigenvalue weighted by atomic mass is 32.1. The molecule has 1 aromatic heterocycles. The van der Waals surface area contributed by atoms with E-state index in [1.807, 2.05) is 30.3 Å². The van der Waals surface area contributed by atoms with Crippen molar-refractivity contribution >= 4 is 29.2 Å². The summed E-state index contributed by atoms with van der Waals surface area (Å²) in [6.07, 6.45) is 1.84. The quantitative estimate of drug-likeness (QED) is 0.798. The Balaban J connectivity index is 1.55. The second-order valence-corrected chi connectivity index (χ2v) is 6.67. The Morgan fingerprint density at radius 2 is 1.96 bits per heavy atom. The third kappa shape index (κ3) is 4.63. The smallest absolute Gasteiger partial charge is 0.350 e. The van der Waals surface area contributed by atoms with Crippen molar-refractivity contribution in [1.82, 2.24) is 15.6 Å². The van der Waals surface area contributed by atoms with Gasteiger partial charge in [-0.25, -0.2) is 14.6 Å². The summed E-state index contributed by atoms with van der Waals surface area (Å²) in [7, 11) is 0. The number of nitrogens with zero attached hydrogens (tertiary/aromatic N) is 1. The fraction of sp³-hybridized carbons (Fsp3) is 0.294. The van der Waals surface area contributed by atoms with Gasteiger partial charge in [0, 0.05) is 11.6 Å². The van der Waals surface area contributed by atoms with Crippen molar-refractivity contribution in [3.63, 3.8) is 0 Å². The van der Waals surface area contributed by atoms with Crippen molar-refractivity contribution in [3.05, 3.63) is 40.9 Å². The van der Waals surface area contributed by atoms with E-state index in [0.717, 1.165) is 18.4 Å². The van der Waals surface area contributed by atoms with Gasteiger partial charge in [0.05, 0.1) is 5.69 Å². The molecule has 3 amide bonds. The number of aromatic nitrogens is 1. The van der Waals surface area contributed by atoms with Crippen LogP contribution in [0, 0.1) is 6.92 Å². The largest absolute Gasteiger partial charge is 0.451 e. The van der Waals surface area contributed by atoms with Gasteiger partial charge in [-0.2, -0.15) is 0 Å². The molecule has 130 valence electrons. The van der Waals surface area contributed by atoms with E-state index in [1.165, 1.54) is 11.3 Å². The van der Waals surface area contributed by atoms with E-state index >= 15 is 0 Å². The summed E-state index contributed by atoms with van der Waals surface area (Å²) in [4.78, 5) is 40.0. The maximum absolute atomic E-state index is 12.2. The minimum absolute atomic E-state index is 0.145. The lowest BCUT2D eigenvalue weighted by Gasteiger charge is -2.06. The molecular formula is C17H17N3O4S. The van der Waals surface area contributed by atoms with E-state index in [9.17, 15) is 14.4 Å². The van der Waals surface area contributed by atoms with Gasteiger partial charge in [0.1, 0.15) is 9.88 Å². The van der Waals surface area contributed by atoms with E-state index in [4.69, 9.17) is 4.74 Å². The lowest BCUT2D eigenvalue weighted by Crippen LogP contribution is -2.42. The summed E-state index contributed by atoms with van der Waals surface area (Å²) < 4.78 is 4.98. The van der Waals surface area contributed by atoms with Crippen LogP contribution >= 0.6 is 11.3 Å². The van der Waals surface area contributed by atoms with Gasteiger partial charge in [0.25, 0.3) is 5.91 Å². The van der Waals surface area contributed by atoms with E-state index < -0.39 is 24.5 Å². The van der Waals surface area contributed by atoms with Crippen molar-refractivity contribution < 1.29 is 19.1 Å². The van der Waals surface area contributed by atoms with Gasteiger partial charge in [-0.15, -0.1) is 11.3 Å². The molecule has 0 radical (unpaired) electrons. The summed E-state index contributed by atoms with van der Waals surface area (Å²) in [5, 5.41) is 5.45. The molecule has 0 saturated heterocycles. The molecule has 1 fully saturated rings. The predicted molar refractivity (Wildman–Crippen MR) is 92.3 cm³/mol. The third-order valence-corrected chi connectivity index (χ3v) is 4.69. The molecule has 1 aliphatic carbocycles. The normalized spacial score (nSPS) is 13.2. The number of carbonyl (C=O) groups excluding carboxylic acids is 3. The molecule has 2 aromatic rings. The van der Waals surface area contributed by atoms with Crippen LogP contribution in [0.3, 0.4) is 0 Å². The van der Waals surface area contributed by atoms with E-state index in [1.54, 1.807) is 6.92 Å². The van der Waals surface area contributed by atoms with Crippen LogP contribution in [0.1, 0.15) is 28.2 Å². The fourth-order valence-electron chi connectivity index (χ4n) is 2.10. The number of thiazole rings is 1. The second-order valence-electron chi connectivity index (χ2n) is 5.67. The summed E-state index contributed by atoms with van der Waals surface area (Å²) in [5.74, 6) is -1.30. The van der Waals surface area contributed by atoms with Crippen LogP contribution in [0.2, 0.25) is 0 Å². The molecule has 7 nitrogen and oxygen atoms in total. The molecular weight excluding hydrogens is 342 g/mol. The van der Waals surface area contributed by atoms with Crippen molar-refractivity contribution in [3.8, 4) is 10.6 Å². The van der Waals surface area contributed by atoms with Crippen LogP contribution in [-0.2, 0) is 9.53 Å². The first-order valence-corrected chi connectivity index (χ1v) is 8.65. The van der Waals surface area contributed by atoms with Crippen molar-refractivity contribution in [1.29, 1.82) is 0 Å². The number of hydrogen-bond acceptors (Lipinski definition) is 6. The minimum Gasteiger partial charge on any atom is -0.451 e. The van der Waals surface area contributed by atoms with Crippen molar-refractivity contribution in [2.45, 2.75) is 25.8 Å². The SMILES string of the molecule is Cc1nc(-c2ccccc2)sc1C(=O)OCC(=O)NC(=O)NC1CC1. The molecule has 0 unspecified atom stereocenters. The number of hydrogen-bond donors (Lipinski definition) is 2. The number of esters is 1. The Bertz CT molecular complexity index is 799. The van der Waals surface area contributed by atoms with Gasteiger partial charge < -0.3 is 10.1 Å². The molecule has 1 aliphatic rings. The Morgan fingerprint density at radius 3 is 2.64 bits per heavy atom. The number of ether oxygens (including phenoxy) is 1. The minimum atomic E-state index is -0.669. The zero-order valence-corrected chi connectivity index (χ0v) is 14.4. The number of imide groups is 1. The average molecular weight is 359 g/mol. The van der Waals surface area contributed by atoms with Gasteiger partial charge >= 0.3 is 12.0 Å². The third-order valence-electron chi connectivity index (χ3n) is 3.50. The molecule has 0 aliphatic heterocycles. The zero-order valence-electron chi connectivity index (χ0n) is 13.6. The molecule has 0 spiro atoms. The molecule has 2 N–H and O–H groups in total. The van der Waals surface area contributed by atoms with E-state index in [-0.39, 0.29) is 6.04 Å². The second kappa shape index (κ2) is 7.43. The van der Waals surface area contributed by atoms with Crippen molar-refractivity contribution in [2.24, 2.45) is 0 Å². The number of benzene rings is 1. The zero-order chi connectivity index (χ0) is 17.8. The van der Waals surface area contributed by atoms with Crippen LogP contribution in [0.5, 0.6) is 0 Å². The summed E-state index contributed by atoms with van der Waals surface area (Å²) in [5.41, 5.74) is 1.45. The first-order valence-electron chi connectivity index (χ1n) is 7.83. The molecule has 1 heterocycles. The highest BCUT2D eigenvalue weighted by molar-refractivity contribution is 7.17. The number of rotatable bonds is 5. The molecule has 8 heteroatoms. The van der Waals surface area contributed by atoms with Crippen LogP contribution in [-0.4, -0.2) is 35.5 Å². The molecule has 0 atom stereocenters. The van der Waals surface area contributed by atoms with Gasteiger partial charge in [0.2, 0.25) is 0 Å². The van der Waals surface area contributed by atoms with E-state index in [0.29, 0.717) is 15.6 Å². The van der Waals surface area contributed by atoms with Gasteiger partial charge in [-0.3, -0.25) is 10.1 Å². The fourth-order valence-corrected chi connectivity index (χ4v) is 3.06. The predicted octanol–water partition coefficient (Wildman–Crippen LogP) is 2.26. The topological polar surface area (TPSA) is 97.4 Å². The number of urea groups is 1. The Hall–Kier alpha value is -2.74. The van der Waals surface area contributed by atoms with Crippen LogP contribution in [0.4, 0.5) is 4.79 Å². The molecule has 1 aromatic carbocycles. The first kappa shape index (κ1) is 17.1. The summed E-state index contributed by atoms with van der Waals surface area (Å²) >= 11 is 1.21. The van der Waals surface area contributed by atoms with Gasteiger partial charge in [-0.1, -0.05) is 30.3 Å². The van der Waals surface area contributed by atoms with Crippen LogP contribution in [0.15, 0.2) is 30.3 Å². The summed E-state index contributed by atoms with van der Waals surface area (Å²) in [6.45, 7) is 1.19. The number of carbonyl (C=O) groups is 3. The monoisotopic (exact) mass is 359 g/mol. The van der Waals surface area contributed by atoms with Gasteiger partial charge in [0.15, 0.2) is 6.61 Å². The highest BCUT2D eigenvalue weighted by Crippen LogP contribution is 2.28. The van der Waals surface area contributed by atoms with Crippen molar-refractivity contribution in [2.75, 3.05) is 6.61 Å². The average Bonchev–Trinajstić information content (AvgIpc) is 3.32. The van der Waals surface area contributed by atoms with Crippen LogP contribution < -0.4 is 10.6 Å². The summed E-state index contributed by atoms with van der Waals surface area (Å²) in [6, 6.07) is 9.06. The standard InChI is InChI=1S/C17H17N3O4S/c1-10-14(25-15(18-10)11-5-3-2-4-6-11)16(22)24-9-13(21)20-17(23)19-12-7-8-12/h2-6,12H,7-9H2,1H3,(H2,19,20,21,23). The Kier molecular flexibility index (Phi) is 5.08. The van der Waals surface area contributed by atoms with Crippen LogP contribution in [0.25, 0.3) is 10.6 Å². The molecule has 25 heavy (non-hydrogen) atoms. The molecule has 0 bridgehead atoms. The lowest BCUT2D eigenvalue weighted by atomic mass is 10.2. The molecule has 1 saturated carbocycles. The maximum atomic E-state index is 12.2. The maximum Gasteiger partial charge on any atom is 0.350 e. The molecule has 3 rings (SSSR count). The van der Waals surface area contributed by atoms with E-state index in [2.05, 4.69) is 15.6 Å². The number of amides is 3. The Labute approximate surface area is 148 Å². The highest BCUT2D eigenvalue weighted by Gasteiger charge is 2.24. The Morgan fingerprint density at radius 1 is 1.24 bits per heavy atom. The van der Waals surface area contributed by atoms with Gasteiger partial charge in [-0.05, 0) is 19.8 Å². The number of aryl methyl sites for hydroxylation is 1.